The van der Waals surface area contributed by atoms with Crippen molar-refractivity contribution in [1.82, 2.24) is 10.3 Å². The molecule has 0 saturated heterocycles. The van der Waals surface area contributed by atoms with Crippen LogP contribution < -0.4 is 10.1 Å². The summed E-state index contributed by atoms with van der Waals surface area (Å²) in [7, 11) is -1.47. The van der Waals surface area contributed by atoms with Gasteiger partial charge in [-0.25, -0.2) is 0 Å². The molecule has 0 fully saturated rings. The standard InChI is InChI=1S/C24H34N2O3SSi/c1-9-28-16-24(3,4)26-22(27)23(30-5)29-20-12-17(2)21-19(14-20)13-18(15-25-21)10-11-31(6,7)8/h12-15,23H,9,16H2,1-8H3,(H,26,27). The quantitative estimate of drug-likeness (QED) is 0.351. The Hall–Kier alpha value is -2.01. The minimum absolute atomic E-state index is 0.178. The molecule has 31 heavy (non-hydrogen) atoms. The zero-order valence-electron chi connectivity index (χ0n) is 19.9. The Labute approximate surface area is 191 Å². The van der Waals surface area contributed by atoms with Crippen LogP contribution in [0.2, 0.25) is 19.6 Å². The lowest BCUT2D eigenvalue weighted by Crippen LogP contribution is -2.51. The average molecular weight is 459 g/mol. The van der Waals surface area contributed by atoms with Crippen molar-refractivity contribution in [3.63, 3.8) is 0 Å². The third kappa shape index (κ3) is 7.88. The number of rotatable bonds is 8. The number of benzene rings is 1. The molecule has 0 bridgehead atoms. The van der Waals surface area contributed by atoms with Gasteiger partial charge in [-0.1, -0.05) is 25.6 Å². The van der Waals surface area contributed by atoms with Crippen LogP contribution in [0.1, 0.15) is 31.9 Å². The highest BCUT2D eigenvalue weighted by Gasteiger charge is 2.27. The molecule has 0 spiro atoms. The maximum atomic E-state index is 12.8. The van der Waals surface area contributed by atoms with Crippen LogP contribution in [0.25, 0.3) is 10.9 Å². The second-order valence-electron chi connectivity index (χ2n) is 9.23. The van der Waals surface area contributed by atoms with E-state index in [1.54, 1.807) is 0 Å². The number of thioether (sulfide) groups is 1. The number of nitrogens with zero attached hydrogens (tertiary/aromatic N) is 1. The van der Waals surface area contributed by atoms with E-state index in [1.807, 2.05) is 58.3 Å². The number of ether oxygens (including phenoxy) is 2. The van der Waals surface area contributed by atoms with Crippen molar-refractivity contribution in [2.45, 2.75) is 58.3 Å². The molecule has 0 saturated carbocycles. The molecule has 7 heteroatoms. The Kier molecular flexibility index (Phi) is 8.58. The molecular formula is C24H34N2O3SSi. The van der Waals surface area contributed by atoms with E-state index in [2.05, 4.69) is 41.4 Å². The van der Waals surface area contributed by atoms with Crippen LogP contribution in [0.4, 0.5) is 0 Å². The summed E-state index contributed by atoms with van der Waals surface area (Å²) in [5, 5.41) is 3.97. The molecule has 1 heterocycles. The first kappa shape index (κ1) is 25.2. The van der Waals surface area contributed by atoms with Gasteiger partial charge in [-0.2, -0.15) is 0 Å². The van der Waals surface area contributed by atoms with Crippen LogP contribution >= 0.6 is 11.8 Å². The number of aromatic nitrogens is 1. The highest BCUT2D eigenvalue weighted by atomic mass is 32.2. The predicted molar refractivity (Wildman–Crippen MR) is 133 cm³/mol. The first-order valence-corrected chi connectivity index (χ1v) is 15.3. The molecule has 168 valence electrons. The molecule has 5 nitrogen and oxygen atoms in total. The lowest BCUT2D eigenvalue weighted by molar-refractivity contribution is -0.126. The number of hydrogen-bond acceptors (Lipinski definition) is 5. The molecule has 0 aliphatic rings. The maximum absolute atomic E-state index is 12.8. The van der Waals surface area contributed by atoms with Crippen LogP contribution in [0, 0.1) is 18.4 Å². The fourth-order valence-electron chi connectivity index (χ4n) is 2.91. The first-order chi connectivity index (χ1) is 14.4. The largest absolute Gasteiger partial charge is 0.470 e. The van der Waals surface area contributed by atoms with Crippen molar-refractivity contribution < 1.29 is 14.3 Å². The van der Waals surface area contributed by atoms with Crippen LogP contribution in [-0.4, -0.2) is 49.4 Å². The molecule has 1 aromatic heterocycles. The SMILES string of the molecule is CCOCC(C)(C)NC(=O)C(Oc1cc(C)c2ncc(C#C[Si](C)(C)C)cc2c1)SC. The van der Waals surface area contributed by atoms with Crippen molar-refractivity contribution in [1.29, 1.82) is 0 Å². The minimum atomic E-state index is -1.47. The van der Waals surface area contributed by atoms with Gasteiger partial charge < -0.3 is 14.8 Å². The van der Waals surface area contributed by atoms with Crippen molar-refractivity contribution in [2.75, 3.05) is 19.5 Å². The summed E-state index contributed by atoms with van der Waals surface area (Å²) in [5.41, 5.74) is 5.03. The molecule has 1 amide bonds. The van der Waals surface area contributed by atoms with E-state index in [4.69, 9.17) is 9.47 Å². The number of aryl methyl sites for hydroxylation is 1. The molecule has 2 aromatic rings. The third-order valence-electron chi connectivity index (χ3n) is 4.33. The zero-order chi connectivity index (χ0) is 23.2. The van der Waals surface area contributed by atoms with Crippen molar-refractivity contribution in [2.24, 2.45) is 0 Å². The molecule has 1 unspecified atom stereocenters. The van der Waals surface area contributed by atoms with Gasteiger partial charge in [0.25, 0.3) is 5.91 Å². The topological polar surface area (TPSA) is 60.5 Å². The highest BCUT2D eigenvalue weighted by molar-refractivity contribution is 7.99. The van der Waals surface area contributed by atoms with E-state index < -0.39 is 19.0 Å². The number of hydrogen-bond donors (Lipinski definition) is 1. The van der Waals surface area contributed by atoms with Gasteiger partial charge in [0, 0.05) is 23.8 Å². The Morgan fingerprint density at radius 1 is 1.29 bits per heavy atom. The lowest BCUT2D eigenvalue weighted by Gasteiger charge is -2.28. The predicted octanol–water partition coefficient (Wildman–Crippen LogP) is 4.77. The molecule has 1 aromatic carbocycles. The summed E-state index contributed by atoms with van der Waals surface area (Å²) in [6, 6.07) is 5.89. The minimum Gasteiger partial charge on any atom is -0.470 e. The summed E-state index contributed by atoms with van der Waals surface area (Å²) in [4.78, 5) is 17.4. The van der Waals surface area contributed by atoms with Crippen LogP contribution in [0.3, 0.4) is 0 Å². The molecular weight excluding hydrogens is 424 g/mol. The highest BCUT2D eigenvalue weighted by Crippen LogP contribution is 2.26. The second-order valence-corrected chi connectivity index (χ2v) is 14.9. The fraction of sp³-hybridized carbons (Fsp3) is 0.500. The monoisotopic (exact) mass is 458 g/mol. The number of carbonyl (C=O) groups excluding carboxylic acids is 1. The molecule has 0 aliphatic heterocycles. The van der Waals surface area contributed by atoms with Crippen LogP contribution in [0.5, 0.6) is 5.75 Å². The summed E-state index contributed by atoms with van der Waals surface area (Å²) in [6.07, 6.45) is 3.68. The second kappa shape index (κ2) is 10.5. The van der Waals surface area contributed by atoms with Gasteiger partial charge in [-0.3, -0.25) is 9.78 Å². The number of pyridine rings is 1. The number of nitrogens with one attached hydrogen (secondary N) is 1. The Balaban J connectivity index is 2.25. The van der Waals surface area contributed by atoms with Gasteiger partial charge in [0.1, 0.15) is 13.8 Å². The zero-order valence-corrected chi connectivity index (χ0v) is 21.7. The smallest absolute Gasteiger partial charge is 0.272 e. The summed E-state index contributed by atoms with van der Waals surface area (Å²) >= 11 is 1.35. The Bertz CT molecular complexity index is 990. The maximum Gasteiger partial charge on any atom is 0.272 e. The fourth-order valence-corrected chi connectivity index (χ4v) is 3.91. The lowest BCUT2D eigenvalue weighted by atomic mass is 10.1. The van der Waals surface area contributed by atoms with Crippen molar-refractivity contribution in [3.05, 3.63) is 35.5 Å². The van der Waals surface area contributed by atoms with E-state index in [0.717, 1.165) is 22.0 Å². The third-order valence-corrected chi connectivity index (χ3v) is 5.94. The van der Waals surface area contributed by atoms with E-state index in [1.165, 1.54) is 11.8 Å². The molecule has 1 N–H and O–H groups in total. The molecule has 2 rings (SSSR count). The van der Waals surface area contributed by atoms with E-state index in [-0.39, 0.29) is 5.91 Å². The Morgan fingerprint density at radius 3 is 2.61 bits per heavy atom. The average Bonchev–Trinajstić information content (AvgIpc) is 2.67. The Morgan fingerprint density at radius 2 is 2.00 bits per heavy atom. The summed E-state index contributed by atoms with van der Waals surface area (Å²) in [5.74, 6) is 3.72. The summed E-state index contributed by atoms with van der Waals surface area (Å²) in [6.45, 7) is 15.5. The molecule has 0 radical (unpaired) electrons. The van der Waals surface area contributed by atoms with Gasteiger partial charge in [0.15, 0.2) is 0 Å². The first-order valence-electron chi connectivity index (χ1n) is 10.5. The summed E-state index contributed by atoms with van der Waals surface area (Å²) < 4.78 is 11.5. The normalized spacial score (nSPS) is 12.8. The van der Waals surface area contributed by atoms with Gasteiger partial charge in [0.05, 0.1) is 17.7 Å². The van der Waals surface area contributed by atoms with Gasteiger partial charge in [0.2, 0.25) is 5.44 Å². The van der Waals surface area contributed by atoms with Gasteiger partial charge >= 0.3 is 0 Å². The van der Waals surface area contributed by atoms with Gasteiger partial charge in [-0.15, -0.1) is 17.3 Å². The van der Waals surface area contributed by atoms with Crippen LogP contribution in [0.15, 0.2) is 24.4 Å². The molecule has 1 atom stereocenters. The van der Waals surface area contributed by atoms with E-state index >= 15 is 0 Å². The van der Waals surface area contributed by atoms with Crippen molar-refractivity contribution >= 4 is 36.6 Å². The molecule has 0 aliphatic carbocycles. The van der Waals surface area contributed by atoms with Crippen LogP contribution in [-0.2, 0) is 9.53 Å². The van der Waals surface area contributed by atoms with Gasteiger partial charge in [-0.05, 0) is 57.7 Å². The van der Waals surface area contributed by atoms with E-state index in [9.17, 15) is 4.79 Å². The number of carbonyl (C=O) groups is 1. The number of amides is 1. The number of fused-ring (bicyclic) bond motifs is 1. The van der Waals surface area contributed by atoms with E-state index in [0.29, 0.717) is 19.0 Å². The van der Waals surface area contributed by atoms with Crippen molar-refractivity contribution in [3.8, 4) is 17.2 Å².